The minimum Gasteiger partial charge on any atom is -0.338 e. The number of hydrogen-bond acceptors (Lipinski definition) is 6. The Morgan fingerprint density at radius 2 is 2.16 bits per heavy atom. The highest BCUT2D eigenvalue weighted by atomic mass is 19.1. The first-order valence-electron chi connectivity index (χ1n) is 10.9. The van der Waals surface area contributed by atoms with Crippen molar-refractivity contribution in [2.45, 2.75) is 44.7 Å². The number of carbonyl (C=O) groups is 1. The quantitative estimate of drug-likeness (QED) is 0.559. The second-order valence-corrected chi connectivity index (χ2v) is 8.29. The van der Waals surface area contributed by atoms with Gasteiger partial charge >= 0.3 is 6.01 Å². The molecule has 0 unspecified atom stereocenters. The van der Waals surface area contributed by atoms with Crippen molar-refractivity contribution >= 4 is 11.9 Å². The number of anilines is 1. The van der Waals surface area contributed by atoms with E-state index in [9.17, 15) is 9.18 Å². The first kappa shape index (κ1) is 22.0. The van der Waals surface area contributed by atoms with Crippen molar-refractivity contribution in [1.29, 1.82) is 0 Å². The lowest BCUT2D eigenvalue weighted by atomic mass is 9.99. The normalized spacial score (nSPS) is 16.8. The molecular weight excluding hydrogens is 409 g/mol. The van der Waals surface area contributed by atoms with Crippen LogP contribution >= 0.6 is 0 Å². The van der Waals surface area contributed by atoms with Crippen LogP contribution in [0.2, 0.25) is 0 Å². The Balaban J connectivity index is 1.31. The Kier molecular flexibility index (Phi) is 6.80. The van der Waals surface area contributed by atoms with Crippen LogP contribution in [0.1, 0.15) is 30.4 Å². The van der Waals surface area contributed by atoms with Crippen LogP contribution in [0.25, 0.3) is 11.4 Å². The SMILES string of the molecule is Cc1ccccc1C[C@@H](N)CC(=O)N1CCC[C@H]1CNc1nc(-c2cccc(F)c2)no1. The molecular formula is C24H28FN5O2. The van der Waals surface area contributed by atoms with E-state index in [-0.39, 0.29) is 29.8 Å². The van der Waals surface area contributed by atoms with Gasteiger partial charge in [0, 0.05) is 37.2 Å². The predicted molar refractivity (Wildman–Crippen MR) is 120 cm³/mol. The zero-order chi connectivity index (χ0) is 22.5. The summed E-state index contributed by atoms with van der Waals surface area (Å²) in [5.74, 6) is 0.0254. The van der Waals surface area contributed by atoms with Crippen LogP contribution in [-0.4, -0.2) is 46.1 Å². The average Bonchev–Trinajstić information content (AvgIpc) is 3.43. The molecule has 0 bridgehead atoms. The maximum Gasteiger partial charge on any atom is 0.321 e. The van der Waals surface area contributed by atoms with Crippen molar-refractivity contribution in [3.05, 3.63) is 65.5 Å². The van der Waals surface area contributed by atoms with Gasteiger partial charge in [0.2, 0.25) is 11.7 Å². The maximum atomic E-state index is 13.4. The molecule has 8 heteroatoms. The fourth-order valence-corrected chi connectivity index (χ4v) is 4.16. The highest BCUT2D eigenvalue weighted by Crippen LogP contribution is 2.22. The summed E-state index contributed by atoms with van der Waals surface area (Å²) >= 11 is 0. The number of amides is 1. The molecule has 0 spiro atoms. The molecule has 32 heavy (non-hydrogen) atoms. The third-order valence-electron chi connectivity index (χ3n) is 5.88. The lowest BCUT2D eigenvalue weighted by Gasteiger charge is -2.26. The van der Waals surface area contributed by atoms with Crippen LogP contribution in [0, 0.1) is 12.7 Å². The third-order valence-corrected chi connectivity index (χ3v) is 5.88. The number of likely N-dealkylation sites (tertiary alicyclic amines) is 1. The van der Waals surface area contributed by atoms with Gasteiger partial charge in [0.1, 0.15) is 5.82 Å². The highest BCUT2D eigenvalue weighted by Gasteiger charge is 2.29. The van der Waals surface area contributed by atoms with E-state index in [1.165, 1.54) is 23.3 Å². The molecule has 3 N–H and O–H groups in total. The fraction of sp³-hybridized carbons (Fsp3) is 0.375. The number of nitrogens with one attached hydrogen (secondary N) is 1. The molecule has 1 fully saturated rings. The molecule has 2 aromatic carbocycles. The van der Waals surface area contributed by atoms with E-state index in [1.807, 2.05) is 17.0 Å². The number of benzene rings is 2. The van der Waals surface area contributed by atoms with E-state index in [4.69, 9.17) is 10.3 Å². The van der Waals surface area contributed by atoms with E-state index in [0.29, 0.717) is 30.8 Å². The summed E-state index contributed by atoms with van der Waals surface area (Å²) in [6.45, 7) is 3.29. The van der Waals surface area contributed by atoms with Crippen LogP contribution in [0.5, 0.6) is 0 Å². The van der Waals surface area contributed by atoms with Gasteiger partial charge in [0.05, 0.1) is 0 Å². The molecule has 7 nitrogen and oxygen atoms in total. The molecule has 0 radical (unpaired) electrons. The van der Waals surface area contributed by atoms with Crippen LogP contribution < -0.4 is 11.1 Å². The fourth-order valence-electron chi connectivity index (χ4n) is 4.16. The third kappa shape index (κ3) is 5.31. The standard InChI is InChI=1S/C24H28FN5O2/c1-16-6-2-3-7-17(16)13-20(26)14-22(31)30-11-5-10-21(30)15-27-24-28-23(29-32-24)18-8-4-9-19(25)12-18/h2-4,6-9,12,20-21H,5,10-11,13-15,26H2,1H3,(H,27,28,29)/t20-,21+/m1/s1. The summed E-state index contributed by atoms with van der Waals surface area (Å²) in [4.78, 5) is 19.1. The molecule has 3 aromatic rings. The van der Waals surface area contributed by atoms with E-state index in [1.54, 1.807) is 12.1 Å². The van der Waals surface area contributed by atoms with Crippen LogP contribution in [-0.2, 0) is 11.2 Å². The number of aromatic nitrogens is 2. The number of hydrogen-bond donors (Lipinski definition) is 2. The summed E-state index contributed by atoms with van der Waals surface area (Å²) in [6, 6.07) is 14.2. The molecule has 2 atom stereocenters. The van der Waals surface area contributed by atoms with Crippen LogP contribution in [0.4, 0.5) is 10.4 Å². The second kappa shape index (κ2) is 9.91. The topological polar surface area (TPSA) is 97.3 Å². The Morgan fingerprint density at radius 3 is 2.97 bits per heavy atom. The predicted octanol–water partition coefficient (Wildman–Crippen LogP) is 3.55. The van der Waals surface area contributed by atoms with Gasteiger partial charge < -0.3 is 20.5 Å². The zero-order valence-corrected chi connectivity index (χ0v) is 18.1. The zero-order valence-electron chi connectivity index (χ0n) is 18.1. The van der Waals surface area contributed by atoms with Gasteiger partial charge in [-0.25, -0.2) is 4.39 Å². The van der Waals surface area contributed by atoms with Crippen molar-refractivity contribution in [1.82, 2.24) is 15.0 Å². The van der Waals surface area contributed by atoms with Crippen molar-refractivity contribution < 1.29 is 13.7 Å². The molecule has 1 aliphatic rings. The summed E-state index contributed by atoms with van der Waals surface area (Å²) < 4.78 is 18.7. The first-order chi connectivity index (χ1) is 15.5. The lowest BCUT2D eigenvalue weighted by Crippen LogP contribution is -2.42. The molecule has 1 saturated heterocycles. The van der Waals surface area contributed by atoms with Crippen molar-refractivity contribution in [3.63, 3.8) is 0 Å². The Labute approximate surface area is 186 Å². The van der Waals surface area contributed by atoms with Gasteiger partial charge in [0.15, 0.2) is 0 Å². The Bertz CT molecular complexity index is 1070. The number of nitrogens with two attached hydrogens (primary N) is 1. The number of rotatable bonds is 8. The number of nitrogens with zero attached hydrogens (tertiary/aromatic N) is 3. The number of aryl methyl sites for hydroxylation is 1. The van der Waals surface area contributed by atoms with Crippen LogP contribution in [0.3, 0.4) is 0 Å². The van der Waals surface area contributed by atoms with Crippen LogP contribution in [0.15, 0.2) is 53.1 Å². The minimum absolute atomic E-state index is 0.0395. The van der Waals surface area contributed by atoms with Gasteiger partial charge in [-0.15, -0.1) is 0 Å². The average molecular weight is 438 g/mol. The molecule has 168 valence electrons. The molecule has 2 heterocycles. The first-order valence-corrected chi connectivity index (χ1v) is 10.9. The van der Waals surface area contributed by atoms with E-state index >= 15 is 0 Å². The number of carbonyl (C=O) groups excluding carboxylic acids is 1. The Morgan fingerprint density at radius 1 is 1.31 bits per heavy atom. The van der Waals surface area contributed by atoms with Gasteiger partial charge in [-0.1, -0.05) is 41.6 Å². The van der Waals surface area contributed by atoms with Gasteiger partial charge in [-0.3, -0.25) is 4.79 Å². The van der Waals surface area contributed by atoms with Gasteiger partial charge in [-0.2, -0.15) is 4.98 Å². The molecule has 1 aliphatic heterocycles. The summed E-state index contributed by atoms with van der Waals surface area (Å²) in [6.07, 6.45) is 2.84. The summed E-state index contributed by atoms with van der Waals surface area (Å²) in [5.41, 5.74) is 9.21. The summed E-state index contributed by atoms with van der Waals surface area (Å²) in [5, 5.41) is 7.02. The largest absolute Gasteiger partial charge is 0.338 e. The number of halogens is 1. The van der Waals surface area contributed by atoms with E-state index in [2.05, 4.69) is 34.5 Å². The van der Waals surface area contributed by atoms with Gasteiger partial charge in [0.25, 0.3) is 0 Å². The second-order valence-electron chi connectivity index (χ2n) is 8.29. The smallest absolute Gasteiger partial charge is 0.321 e. The summed E-state index contributed by atoms with van der Waals surface area (Å²) in [7, 11) is 0. The van der Waals surface area contributed by atoms with Crippen molar-refractivity contribution in [2.75, 3.05) is 18.4 Å². The van der Waals surface area contributed by atoms with Crippen molar-refractivity contribution in [3.8, 4) is 11.4 Å². The monoisotopic (exact) mass is 437 g/mol. The molecule has 1 amide bonds. The molecule has 0 saturated carbocycles. The van der Waals surface area contributed by atoms with Crippen molar-refractivity contribution in [2.24, 2.45) is 5.73 Å². The van der Waals surface area contributed by atoms with E-state index < -0.39 is 0 Å². The lowest BCUT2D eigenvalue weighted by molar-refractivity contribution is -0.132. The Hall–Kier alpha value is -3.26. The molecule has 0 aliphatic carbocycles. The highest BCUT2D eigenvalue weighted by molar-refractivity contribution is 5.77. The van der Waals surface area contributed by atoms with E-state index in [0.717, 1.165) is 19.4 Å². The maximum absolute atomic E-state index is 13.4. The van der Waals surface area contributed by atoms with Gasteiger partial charge in [-0.05, 0) is 49.4 Å². The molecule has 4 rings (SSSR count). The molecule has 1 aromatic heterocycles. The minimum atomic E-state index is -0.359.